The second-order valence-electron chi connectivity index (χ2n) is 10.3. The molecule has 0 spiro atoms. The number of nitrogens with two attached hydrogens (primary N) is 1. The highest BCUT2D eigenvalue weighted by Crippen LogP contribution is 2.36. The molecule has 1 aliphatic carbocycles. The number of aldehydes is 1. The summed E-state index contributed by atoms with van der Waals surface area (Å²) in [5, 5.41) is 26.4. The van der Waals surface area contributed by atoms with Gasteiger partial charge in [0.05, 0.1) is 35.1 Å². The van der Waals surface area contributed by atoms with Gasteiger partial charge >= 0.3 is 0 Å². The number of aromatic hydroxyl groups is 1. The summed E-state index contributed by atoms with van der Waals surface area (Å²) < 4.78 is 3.46. The van der Waals surface area contributed by atoms with Crippen molar-refractivity contribution < 1.29 is 14.7 Å². The Labute approximate surface area is 250 Å². The monoisotopic (exact) mass is 581 g/mol. The molecular weight excluding hydrogens is 558 g/mol. The Morgan fingerprint density at radius 3 is 2.82 bits per heavy atom. The van der Waals surface area contributed by atoms with Gasteiger partial charge in [0.2, 0.25) is 0 Å². The number of carbonyl (C=O) groups excluding carboxylic acids is 2. The summed E-state index contributed by atoms with van der Waals surface area (Å²) >= 11 is 0. The van der Waals surface area contributed by atoms with E-state index in [1.165, 1.54) is 29.1 Å². The van der Waals surface area contributed by atoms with Gasteiger partial charge in [-0.1, -0.05) is 6.07 Å². The van der Waals surface area contributed by atoms with Crippen LogP contribution in [0.15, 0.2) is 79.3 Å². The fourth-order valence-corrected chi connectivity index (χ4v) is 5.54. The van der Waals surface area contributed by atoms with Crippen molar-refractivity contribution in [3.8, 4) is 34.7 Å². The number of rotatable bonds is 6. The fraction of sp³-hybridized carbons (Fsp3) is 0.0938. The van der Waals surface area contributed by atoms with E-state index >= 15 is 0 Å². The third kappa shape index (κ3) is 4.49. The number of hydrogen-bond acceptors (Lipinski definition) is 9. The molecule has 1 atom stereocenters. The average molecular weight is 582 g/mol. The number of aromatic nitrogens is 6. The number of hydrogen-bond donors (Lipinski definition) is 3. The minimum atomic E-state index is -0.333. The lowest BCUT2D eigenvalue weighted by Crippen LogP contribution is -2.27. The maximum absolute atomic E-state index is 13.0. The van der Waals surface area contributed by atoms with Crippen LogP contribution in [0.3, 0.4) is 0 Å². The van der Waals surface area contributed by atoms with Gasteiger partial charge in [0.15, 0.2) is 23.6 Å². The maximum Gasteiger partial charge on any atom is 0.251 e. The highest BCUT2D eigenvalue weighted by Gasteiger charge is 2.26. The van der Waals surface area contributed by atoms with Crippen LogP contribution in [-0.4, -0.2) is 46.6 Å². The molecule has 0 saturated heterocycles. The molecule has 1 aliphatic rings. The van der Waals surface area contributed by atoms with Crippen LogP contribution in [0.2, 0.25) is 0 Å². The number of imidazole rings is 1. The van der Waals surface area contributed by atoms with Crippen LogP contribution in [0.5, 0.6) is 5.75 Å². The van der Waals surface area contributed by atoms with Crippen LogP contribution in [0, 0.1) is 11.3 Å². The summed E-state index contributed by atoms with van der Waals surface area (Å²) in [4.78, 5) is 38.3. The predicted octanol–water partition coefficient (Wildman–Crippen LogP) is 4.06. The van der Waals surface area contributed by atoms with Gasteiger partial charge in [0, 0.05) is 17.4 Å². The number of phenolic OH excluding ortho intramolecular Hbond substituents is 1. The zero-order chi connectivity index (χ0) is 30.4. The van der Waals surface area contributed by atoms with Gasteiger partial charge in [0.1, 0.15) is 23.2 Å². The van der Waals surface area contributed by atoms with E-state index < -0.39 is 0 Å². The number of amides is 1. The Morgan fingerprint density at radius 2 is 2.02 bits per heavy atom. The van der Waals surface area contributed by atoms with E-state index in [1.54, 1.807) is 24.5 Å². The maximum atomic E-state index is 13.0. The average Bonchev–Trinajstić information content (AvgIpc) is 3.78. The fourth-order valence-electron chi connectivity index (χ4n) is 5.54. The molecule has 214 valence electrons. The van der Waals surface area contributed by atoms with Crippen molar-refractivity contribution in [3.05, 3.63) is 107 Å². The van der Waals surface area contributed by atoms with Gasteiger partial charge in [-0.3, -0.25) is 14.2 Å². The van der Waals surface area contributed by atoms with Crippen molar-refractivity contribution in [3.63, 3.8) is 0 Å². The Morgan fingerprint density at radius 1 is 1.14 bits per heavy atom. The number of nitriles is 1. The quantitative estimate of drug-likeness (QED) is 0.245. The normalized spacial score (nSPS) is 13.8. The SMILES string of the molecule is N#Cc1cnn(-c2ccc3nc(-c4cccnc4N)n(-c4ccc5c(c4)CC[C@@H]5NC(=O)c4ccc(O)c(C=O)c4)c3n2)c1. The van der Waals surface area contributed by atoms with Crippen molar-refractivity contribution in [1.29, 1.82) is 5.26 Å². The van der Waals surface area contributed by atoms with Crippen molar-refractivity contribution >= 4 is 29.2 Å². The molecule has 7 rings (SSSR count). The van der Waals surface area contributed by atoms with Crippen LogP contribution in [0.25, 0.3) is 34.1 Å². The molecule has 0 unspecified atom stereocenters. The summed E-state index contributed by atoms with van der Waals surface area (Å²) in [6, 6.07) is 19.3. The van der Waals surface area contributed by atoms with E-state index in [2.05, 4.69) is 27.5 Å². The van der Waals surface area contributed by atoms with E-state index in [-0.39, 0.29) is 23.3 Å². The highest BCUT2D eigenvalue weighted by atomic mass is 16.3. The van der Waals surface area contributed by atoms with E-state index in [0.717, 1.165) is 23.2 Å². The minimum Gasteiger partial charge on any atom is -0.507 e. The minimum absolute atomic E-state index is 0.0570. The number of pyridine rings is 2. The Kier molecular flexibility index (Phi) is 6.33. The third-order valence-electron chi connectivity index (χ3n) is 7.70. The topological polar surface area (TPSA) is 178 Å². The van der Waals surface area contributed by atoms with Crippen LogP contribution >= 0.6 is 0 Å². The molecule has 0 fully saturated rings. The number of nitrogens with one attached hydrogen (secondary N) is 1. The summed E-state index contributed by atoms with van der Waals surface area (Å²) in [7, 11) is 0. The van der Waals surface area contributed by atoms with E-state index in [1.807, 2.05) is 28.8 Å². The van der Waals surface area contributed by atoms with Gasteiger partial charge in [-0.15, -0.1) is 0 Å². The van der Waals surface area contributed by atoms with E-state index in [0.29, 0.717) is 58.0 Å². The summed E-state index contributed by atoms with van der Waals surface area (Å²) in [6.45, 7) is 0. The molecule has 44 heavy (non-hydrogen) atoms. The summed E-state index contributed by atoms with van der Waals surface area (Å²) in [6.07, 6.45) is 6.64. The highest BCUT2D eigenvalue weighted by molar-refractivity contribution is 5.96. The van der Waals surface area contributed by atoms with E-state index in [9.17, 15) is 20.0 Å². The van der Waals surface area contributed by atoms with Crippen LogP contribution in [0.1, 0.15) is 49.9 Å². The lowest BCUT2D eigenvalue weighted by atomic mass is 10.1. The first-order valence-corrected chi connectivity index (χ1v) is 13.7. The summed E-state index contributed by atoms with van der Waals surface area (Å²) in [5.41, 5.74) is 11.7. The molecule has 4 N–H and O–H groups in total. The van der Waals surface area contributed by atoms with Gasteiger partial charge in [0.25, 0.3) is 5.91 Å². The molecule has 0 aliphatic heterocycles. The number of benzene rings is 2. The lowest BCUT2D eigenvalue weighted by molar-refractivity contribution is 0.0936. The second-order valence-corrected chi connectivity index (χ2v) is 10.3. The molecule has 0 radical (unpaired) electrons. The number of fused-ring (bicyclic) bond motifs is 2. The van der Waals surface area contributed by atoms with Gasteiger partial charge in [-0.05, 0) is 78.6 Å². The van der Waals surface area contributed by atoms with Crippen molar-refractivity contribution in [2.75, 3.05) is 5.73 Å². The first-order chi connectivity index (χ1) is 21.4. The standard InChI is InChI=1S/C32H23N9O3/c33-14-18-15-36-40(16-18)28-10-8-26-31(39-28)41(30(37-26)24-2-1-11-35-29(24)34)22-5-6-23-19(13-22)3-7-25(23)38-32(44)20-4-9-27(43)21(12-20)17-42/h1-2,4-6,8-13,15-17,25,43H,3,7H2,(H2,34,35)(H,38,44)/t25-/m0/s1. The molecule has 2 aromatic carbocycles. The predicted molar refractivity (Wildman–Crippen MR) is 160 cm³/mol. The van der Waals surface area contributed by atoms with Gasteiger partial charge in [-0.2, -0.15) is 10.4 Å². The molecule has 12 heteroatoms. The Bertz CT molecular complexity index is 2160. The number of anilines is 1. The number of nitrogen functional groups attached to an aromatic ring is 1. The summed E-state index contributed by atoms with van der Waals surface area (Å²) in [5.74, 6) is 0.898. The molecule has 6 aromatic rings. The number of aryl methyl sites for hydroxylation is 1. The van der Waals surface area contributed by atoms with Crippen molar-refractivity contribution in [1.82, 2.24) is 34.6 Å². The molecule has 0 bridgehead atoms. The smallest absolute Gasteiger partial charge is 0.251 e. The zero-order valence-corrected chi connectivity index (χ0v) is 23.0. The third-order valence-corrected chi connectivity index (χ3v) is 7.70. The Balaban J connectivity index is 1.29. The largest absolute Gasteiger partial charge is 0.507 e. The Hall–Kier alpha value is -6.35. The molecule has 4 aromatic heterocycles. The first-order valence-electron chi connectivity index (χ1n) is 13.7. The number of carbonyl (C=O) groups is 2. The molecule has 1 amide bonds. The first kappa shape index (κ1) is 26.5. The molecular formula is C32H23N9O3. The number of nitrogens with zero attached hydrogens (tertiary/aromatic N) is 7. The van der Waals surface area contributed by atoms with Crippen LogP contribution in [0.4, 0.5) is 5.82 Å². The van der Waals surface area contributed by atoms with Gasteiger partial charge in [-0.25, -0.2) is 19.6 Å². The molecule has 0 saturated carbocycles. The van der Waals surface area contributed by atoms with Crippen LogP contribution in [-0.2, 0) is 6.42 Å². The van der Waals surface area contributed by atoms with Crippen LogP contribution < -0.4 is 11.1 Å². The zero-order valence-electron chi connectivity index (χ0n) is 23.0. The van der Waals surface area contributed by atoms with Gasteiger partial charge < -0.3 is 16.2 Å². The lowest BCUT2D eigenvalue weighted by Gasteiger charge is -2.16. The van der Waals surface area contributed by atoms with E-state index in [4.69, 9.17) is 15.7 Å². The number of phenols is 1. The molecule has 4 heterocycles. The van der Waals surface area contributed by atoms with Crippen molar-refractivity contribution in [2.24, 2.45) is 0 Å². The van der Waals surface area contributed by atoms with Crippen molar-refractivity contribution in [2.45, 2.75) is 18.9 Å². The second kappa shape index (κ2) is 10.5. The molecule has 12 nitrogen and oxygen atoms in total.